The molecule has 1 heterocycles. The van der Waals surface area contributed by atoms with Gasteiger partial charge < -0.3 is 10.3 Å². The second kappa shape index (κ2) is 3.89. The molecule has 0 fully saturated rings. The van der Waals surface area contributed by atoms with E-state index in [9.17, 15) is 10.1 Å². The van der Waals surface area contributed by atoms with Crippen molar-refractivity contribution in [2.45, 2.75) is 13.8 Å². The third kappa shape index (κ3) is 1.84. The van der Waals surface area contributed by atoms with Crippen LogP contribution >= 0.6 is 0 Å². The lowest BCUT2D eigenvalue weighted by Gasteiger charge is -2.08. The number of imidazole rings is 1. The maximum absolute atomic E-state index is 10.6. The fourth-order valence-corrected chi connectivity index (χ4v) is 1.62. The molecule has 0 amide bonds. The van der Waals surface area contributed by atoms with E-state index < -0.39 is 4.92 Å². The highest BCUT2D eigenvalue weighted by molar-refractivity contribution is 5.63. The number of aryl methyl sites for hydroxylation is 1. The number of nitrogens with two attached hydrogens (primary N) is 1. The Labute approximate surface area is 97.9 Å². The number of benzene rings is 1. The number of nitro groups is 1. The van der Waals surface area contributed by atoms with Crippen LogP contribution in [0.25, 0.3) is 5.69 Å². The molecule has 6 nitrogen and oxygen atoms in total. The molecule has 0 aliphatic carbocycles. The summed E-state index contributed by atoms with van der Waals surface area (Å²) in [7, 11) is 0. The van der Waals surface area contributed by atoms with Crippen molar-refractivity contribution in [2.75, 3.05) is 5.73 Å². The van der Waals surface area contributed by atoms with Crippen LogP contribution in [0.4, 0.5) is 11.4 Å². The average molecular weight is 232 g/mol. The SMILES string of the molecule is Cc1ncn(-c2ccc([N+](=O)[O-])cc2N)c1C. The summed E-state index contributed by atoms with van der Waals surface area (Å²) < 4.78 is 1.81. The standard InChI is InChI=1S/C11H12N4O2/c1-7-8(2)14(6-13-7)11-4-3-9(15(16)17)5-10(11)12/h3-6H,12H2,1-2H3. The topological polar surface area (TPSA) is 87.0 Å². The Kier molecular flexibility index (Phi) is 2.55. The van der Waals surface area contributed by atoms with E-state index in [0.29, 0.717) is 11.4 Å². The van der Waals surface area contributed by atoms with E-state index in [1.54, 1.807) is 12.4 Å². The molecule has 1 aromatic heterocycles. The van der Waals surface area contributed by atoms with Crippen LogP contribution in [0.1, 0.15) is 11.4 Å². The molecule has 0 saturated carbocycles. The molecule has 2 rings (SSSR count). The van der Waals surface area contributed by atoms with Crippen LogP contribution in [-0.4, -0.2) is 14.5 Å². The van der Waals surface area contributed by atoms with Gasteiger partial charge in [-0.2, -0.15) is 0 Å². The van der Waals surface area contributed by atoms with E-state index >= 15 is 0 Å². The van der Waals surface area contributed by atoms with Crippen LogP contribution in [-0.2, 0) is 0 Å². The maximum Gasteiger partial charge on any atom is 0.271 e. The summed E-state index contributed by atoms with van der Waals surface area (Å²) in [6, 6.07) is 4.41. The van der Waals surface area contributed by atoms with Crippen LogP contribution < -0.4 is 5.73 Å². The van der Waals surface area contributed by atoms with Crippen molar-refractivity contribution >= 4 is 11.4 Å². The number of nitro benzene ring substituents is 1. The monoisotopic (exact) mass is 232 g/mol. The summed E-state index contributed by atoms with van der Waals surface area (Å²) in [6.07, 6.45) is 1.65. The molecule has 0 aliphatic rings. The predicted molar refractivity (Wildman–Crippen MR) is 64.1 cm³/mol. The van der Waals surface area contributed by atoms with Gasteiger partial charge >= 0.3 is 0 Å². The summed E-state index contributed by atoms with van der Waals surface area (Å²) in [5.74, 6) is 0. The Bertz CT molecular complexity index is 589. The average Bonchev–Trinajstić information content (AvgIpc) is 2.60. The molecule has 1 aromatic carbocycles. The van der Waals surface area contributed by atoms with Gasteiger partial charge in [0.05, 0.1) is 28.3 Å². The van der Waals surface area contributed by atoms with E-state index in [2.05, 4.69) is 4.98 Å². The summed E-state index contributed by atoms with van der Waals surface area (Å²) in [4.78, 5) is 14.3. The van der Waals surface area contributed by atoms with Gasteiger partial charge in [-0.1, -0.05) is 0 Å². The summed E-state index contributed by atoms with van der Waals surface area (Å²) >= 11 is 0. The van der Waals surface area contributed by atoms with Crippen LogP contribution in [0.2, 0.25) is 0 Å². The van der Waals surface area contributed by atoms with Gasteiger partial charge in [-0.25, -0.2) is 4.98 Å². The van der Waals surface area contributed by atoms with E-state index in [-0.39, 0.29) is 5.69 Å². The van der Waals surface area contributed by atoms with Crippen LogP contribution in [0.15, 0.2) is 24.5 Å². The van der Waals surface area contributed by atoms with Crippen LogP contribution in [0.3, 0.4) is 0 Å². The first kappa shape index (κ1) is 11.1. The van der Waals surface area contributed by atoms with Gasteiger partial charge in [-0.05, 0) is 19.9 Å². The molecule has 0 aliphatic heterocycles. The molecule has 6 heteroatoms. The minimum absolute atomic E-state index is 0.0132. The molecule has 0 unspecified atom stereocenters. The molecule has 2 aromatic rings. The number of nitrogen functional groups attached to an aromatic ring is 1. The fraction of sp³-hybridized carbons (Fsp3) is 0.182. The molecule has 0 radical (unpaired) electrons. The van der Waals surface area contributed by atoms with E-state index in [0.717, 1.165) is 11.4 Å². The number of nitrogens with zero attached hydrogens (tertiary/aromatic N) is 3. The van der Waals surface area contributed by atoms with E-state index in [1.807, 2.05) is 18.4 Å². The normalized spacial score (nSPS) is 10.5. The first-order chi connectivity index (χ1) is 8.00. The number of non-ortho nitro benzene ring substituents is 1. The van der Waals surface area contributed by atoms with Crippen molar-refractivity contribution in [1.29, 1.82) is 0 Å². The molecule has 2 N–H and O–H groups in total. The van der Waals surface area contributed by atoms with Crippen molar-refractivity contribution in [2.24, 2.45) is 0 Å². The minimum Gasteiger partial charge on any atom is -0.397 e. The van der Waals surface area contributed by atoms with E-state index in [4.69, 9.17) is 5.73 Å². The smallest absolute Gasteiger partial charge is 0.271 e. The van der Waals surface area contributed by atoms with Gasteiger partial charge in [-0.15, -0.1) is 0 Å². The number of anilines is 1. The molecule has 88 valence electrons. The molecule has 17 heavy (non-hydrogen) atoms. The van der Waals surface area contributed by atoms with Gasteiger partial charge in [0.15, 0.2) is 0 Å². The molecular weight excluding hydrogens is 220 g/mol. The van der Waals surface area contributed by atoms with Crippen molar-refractivity contribution in [3.63, 3.8) is 0 Å². The molecule has 0 atom stereocenters. The van der Waals surface area contributed by atoms with E-state index in [1.165, 1.54) is 12.1 Å². The fourth-order valence-electron chi connectivity index (χ4n) is 1.62. The Morgan fingerprint density at radius 3 is 2.59 bits per heavy atom. The Morgan fingerprint density at radius 1 is 1.41 bits per heavy atom. The highest BCUT2D eigenvalue weighted by Gasteiger charge is 2.11. The summed E-state index contributed by atoms with van der Waals surface area (Å²) in [5, 5.41) is 10.6. The zero-order chi connectivity index (χ0) is 12.6. The second-order valence-corrected chi connectivity index (χ2v) is 3.79. The minimum atomic E-state index is -0.466. The zero-order valence-electron chi connectivity index (χ0n) is 9.54. The number of rotatable bonds is 2. The largest absolute Gasteiger partial charge is 0.397 e. The zero-order valence-corrected chi connectivity index (χ0v) is 9.54. The lowest BCUT2D eigenvalue weighted by atomic mass is 10.2. The Hall–Kier alpha value is -2.37. The first-order valence-corrected chi connectivity index (χ1v) is 5.05. The second-order valence-electron chi connectivity index (χ2n) is 3.79. The summed E-state index contributed by atoms with van der Waals surface area (Å²) in [6.45, 7) is 3.82. The quantitative estimate of drug-likeness (QED) is 0.487. The maximum atomic E-state index is 10.6. The molecular formula is C11H12N4O2. The van der Waals surface area contributed by atoms with Crippen LogP contribution in [0.5, 0.6) is 0 Å². The van der Waals surface area contributed by atoms with Crippen molar-refractivity contribution in [1.82, 2.24) is 9.55 Å². The van der Waals surface area contributed by atoms with Crippen molar-refractivity contribution < 1.29 is 4.92 Å². The van der Waals surface area contributed by atoms with Gasteiger partial charge in [0.2, 0.25) is 0 Å². The Balaban J connectivity index is 2.54. The number of hydrogen-bond acceptors (Lipinski definition) is 4. The van der Waals surface area contributed by atoms with Crippen LogP contribution in [0, 0.1) is 24.0 Å². The lowest BCUT2D eigenvalue weighted by Crippen LogP contribution is -2.01. The Morgan fingerprint density at radius 2 is 2.12 bits per heavy atom. The number of hydrogen-bond donors (Lipinski definition) is 1. The summed E-state index contributed by atoms with van der Waals surface area (Å²) in [5.41, 5.74) is 8.74. The highest BCUT2D eigenvalue weighted by Crippen LogP contribution is 2.24. The third-order valence-electron chi connectivity index (χ3n) is 2.73. The molecule has 0 bridgehead atoms. The highest BCUT2D eigenvalue weighted by atomic mass is 16.6. The van der Waals surface area contributed by atoms with Crippen molar-refractivity contribution in [3.8, 4) is 5.69 Å². The van der Waals surface area contributed by atoms with Gasteiger partial charge in [0.1, 0.15) is 0 Å². The van der Waals surface area contributed by atoms with Gasteiger partial charge in [-0.3, -0.25) is 10.1 Å². The van der Waals surface area contributed by atoms with Gasteiger partial charge in [0.25, 0.3) is 5.69 Å². The predicted octanol–water partition coefficient (Wildman–Crippen LogP) is 1.98. The van der Waals surface area contributed by atoms with Crippen molar-refractivity contribution in [3.05, 3.63) is 46.0 Å². The molecule has 0 saturated heterocycles. The molecule has 0 spiro atoms. The van der Waals surface area contributed by atoms with Gasteiger partial charge in [0, 0.05) is 17.8 Å². The third-order valence-corrected chi connectivity index (χ3v) is 2.73. The first-order valence-electron chi connectivity index (χ1n) is 5.05. The lowest BCUT2D eigenvalue weighted by molar-refractivity contribution is -0.384. The number of aromatic nitrogens is 2.